The van der Waals surface area contributed by atoms with Gasteiger partial charge in [0, 0.05) is 66.7 Å². The highest BCUT2D eigenvalue weighted by Crippen LogP contribution is 2.45. The van der Waals surface area contributed by atoms with Crippen LogP contribution in [-0.4, -0.2) is 19.9 Å². The van der Waals surface area contributed by atoms with E-state index in [0.29, 0.717) is 17.5 Å². The molecular weight excluding hydrogens is 941 g/mol. The van der Waals surface area contributed by atoms with Crippen LogP contribution in [0, 0.1) is 6.92 Å². The first-order valence-corrected chi connectivity index (χ1v) is 25.8. The number of rotatable bonds is 10. The third-order valence-corrected chi connectivity index (χ3v) is 14.7. The molecule has 0 saturated carbocycles. The molecule has 6 heteroatoms. The summed E-state index contributed by atoms with van der Waals surface area (Å²) in [5.41, 5.74) is 17.4. The largest absolute Gasteiger partial charge is 0.455 e. The maximum absolute atomic E-state index is 7.22. The lowest BCUT2D eigenvalue weighted by Gasteiger charge is -2.14. The Morgan fingerprint density at radius 1 is 0.377 bits per heavy atom. The standard InChI is InChI=1S/C71H46N4O2/c1-44-20-6-9-25-50(44)63(42-45(2)64-38-14-15-41-72-64)60-37-19-36-59-58-35-18-32-55(67(58)77-68(59)60)53-27-11-13-29-62(53)71-74-69(49-40-39-46-21-7-8-24-48(46)43-49)73-70(75-71)61-28-12-10-26-52(61)54-31-17-34-57-56-33-16-30-51(65(56)76-66(54)57)47-22-4-3-5-23-47/h3-43H,2H2,1H3/b63-42+. The van der Waals surface area contributed by atoms with Crippen molar-refractivity contribution in [3.8, 4) is 67.5 Å². The van der Waals surface area contributed by atoms with Crippen molar-refractivity contribution in [1.82, 2.24) is 19.9 Å². The number of aryl methyl sites for hydroxylation is 1. The second-order valence-electron chi connectivity index (χ2n) is 19.4. The maximum atomic E-state index is 7.22. The minimum Gasteiger partial charge on any atom is -0.455 e. The molecule has 6 nitrogen and oxygen atoms in total. The molecule has 10 aromatic carbocycles. The Balaban J connectivity index is 0.955. The molecular formula is C71H46N4O2. The smallest absolute Gasteiger partial charge is 0.164 e. The molecule has 0 aliphatic rings. The minimum atomic E-state index is 0.532. The molecule has 0 saturated heterocycles. The summed E-state index contributed by atoms with van der Waals surface area (Å²) in [7, 11) is 0. The number of pyridine rings is 1. The first-order valence-electron chi connectivity index (χ1n) is 25.8. The fraction of sp³-hybridized carbons (Fsp3) is 0.0141. The quantitative estimate of drug-likeness (QED) is 0.127. The zero-order valence-electron chi connectivity index (χ0n) is 42.0. The lowest BCUT2D eigenvalue weighted by atomic mass is 9.91. The number of hydrogen-bond acceptors (Lipinski definition) is 6. The van der Waals surface area contributed by atoms with Gasteiger partial charge in [-0.1, -0.05) is 225 Å². The Morgan fingerprint density at radius 2 is 0.870 bits per heavy atom. The van der Waals surface area contributed by atoms with E-state index in [4.69, 9.17) is 23.8 Å². The zero-order chi connectivity index (χ0) is 51.4. The van der Waals surface area contributed by atoms with Crippen molar-refractivity contribution in [2.45, 2.75) is 6.92 Å². The van der Waals surface area contributed by atoms with E-state index < -0.39 is 0 Å². The number of fused-ring (bicyclic) bond motifs is 7. The second-order valence-corrected chi connectivity index (χ2v) is 19.4. The number of benzene rings is 10. The monoisotopic (exact) mass is 986 g/mol. The third kappa shape index (κ3) is 7.99. The lowest BCUT2D eigenvalue weighted by Crippen LogP contribution is -2.02. The number of nitrogens with zero attached hydrogens (tertiary/aromatic N) is 4. The first-order chi connectivity index (χ1) is 38.0. The van der Waals surface area contributed by atoms with E-state index in [9.17, 15) is 0 Å². The summed E-state index contributed by atoms with van der Waals surface area (Å²) in [6.07, 6.45) is 3.93. The van der Waals surface area contributed by atoms with E-state index in [1.165, 1.54) is 0 Å². The highest BCUT2D eigenvalue weighted by molar-refractivity contribution is 6.15. The van der Waals surface area contributed by atoms with Gasteiger partial charge >= 0.3 is 0 Å². The van der Waals surface area contributed by atoms with Crippen LogP contribution in [0.4, 0.5) is 0 Å². The molecule has 0 aliphatic heterocycles. The molecule has 0 atom stereocenters. The summed E-state index contributed by atoms with van der Waals surface area (Å²) < 4.78 is 14.2. The molecule has 14 aromatic rings. The molecule has 0 spiro atoms. The minimum absolute atomic E-state index is 0.532. The predicted molar refractivity (Wildman–Crippen MR) is 316 cm³/mol. The van der Waals surface area contributed by atoms with Crippen LogP contribution in [-0.2, 0) is 0 Å². The molecule has 0 unspecified atom stereocenters. The molecule has 0 radical (unpaired) electrons. The second kappa shape index (κ2) is 18.9. The van der Waals surface area contributed by atoms with Gasteiger partial charge in [0.15, 0.2) is 17.5 Å². The molecule has 0 amide bonds. The van der Waals surface area contributed by atoms with Crippen molar-refractivity contribution in [2.24, 2.45) is 0 Å². The molecule has 0 aliphatic carbocycles. The molecule has 0 bridgehead atoms. The van der Waals surface area contributed by atoms with Crippen LogP contribution in [0.5, 0.6) is 0 Å². The van der Waals surface area contributed by atoms with Gasteiger partial charge in [-0.2, -0.15) is 0 Å². The summed E-state index contributed by atoms with van der Waals surface area (Å²) in [6.45, 7) is 6.63. The van der Waals surface area contributed by atoms with Gasteiger partial charge in [0.05, 0.1) is 5.69 Å². The van der Waals surface area contributed by atoms with Gasteiger partial charge in [0.2, 0.25) is 0 Å². The molecule has 0 fully saturated rings. The van der Waals surface area contributed by atoms with Crippen LogP contribution in [0.2, 0.25) is 0 Å². The van der Waals surface area contributed by atoms with Gasteiger partial charge in [0.25, 0.3) is 0 Å². The van der Waals surface area contributed by atoms with Crippen molar-refractivity contribution in [3.63, 3.8) is 0 Å². The topological polar surface area (TPSA) is 77.8 Å². The average molecular weight is 987 g/mol. The third-order valence-electron chi connectivity index (χ3n) is 14.7. The number of hydrogen-bond donors (Lipinski definition) is 0. The highest BCUT2D eigenvalue weighted by atomic mass is 16.3. The van der Waals surface area contributed by atoms with Gasteiger partial charge in [-0.3, -0.25) is 4.98 Å². The van der Waals surface area contributed by atoms with E-state index in [0.717, 1.165) is 138 Å². The van der Waals surface area contributed by atoms with Gasteiger partial charge in [0.1, 0.15) is 22.3 Å². The van der Waals surface area contributed by atoms with Crippen LogP contribution in [0.15, 0.2) is 264 Å². The molecule has 362 valence electrons. The maximum Gasteiger partial charge on any atom is 0.164 e. The van der Waals surface area contributed by atoms with Crippen LogP contribution in [0.3, 0.4) is 0 Å². The van der Waals surface area contributed by atoms with Crippen LogP contribution >= 0.6 is 0 Å². The van der Waals surface area contributed by atoms with E-state index in [1.54, 1.807) is 6.20 Å². The van der Waals surface area contributed by atoms with Gasteiger partial charge in [-0.25, -0.2) is 15.0 Å². The summed E-state index contributed by atoms with van der Waals surface area (Å²) in [6, 6.07) is 81.7. The summed E-state index contributed by atoms with van der Waals surface area (Å²) in [5, 5.41) is 6.34. The number of aromatic nitrogens is 4. The average Bonchev–Trinajstić information content (AvgIpc) is 4.10. The van der Waals surface area contributed by atoms with E-state index in [2.05, 4.69) is 225 Å². The van der Waals surface area contributed by atoms with Crippen molar-refractivity contribution < 1.29 is 8.83 Å². The van der Waals surface area contributed by atoms with Gasteiger partial charge in [-0.05, 0) is 80.9 Å². The molecule has 77 heavy (non-hydrogen) atoms. The highest BCUT2D eigenvalue weighted by Gasteiger charge is 2.24. The number of para-hydroxylation sites is 4. The molecule has 14 rings (SSSR count). The first kappa shape index (κ1) is 45.3. The normalized spacial score (nSPS) is 11.8. The van der Waals surface area contributed by atoms with E-state index in [-0.39, 0.29) is 0 Å². The molecule has 4 aromatic heterocycles. The molecule has 0 N–H and O–H groups in total. The van der Waals surface area contributed by atoms with Crippen LogP contribution < -0.4 is 0 Å². The van der Waals surface area contributed by atoms with Crippen LogP contribution in [0.1, 0.15) is 22.4 Å². The Bertz CT molecular complexity index is 4660. The summed E-state index contributed by atoms with van der Waals surface area (Å²) in [5.74, 6) is 1.63. The van der Waals surface area contributed by atoms with Gasteiger partial charge < -0.3 is 8.83 Å². The Morgan fingerprint density at radius 3 is 1.52 bits per heavy atom. The predicted octanol–water partition coefficient (Wildman–Crippen LogP) is 18.7. The fourth-order valence-electron chi connectivity index (χ4n) is 11.0. The van der Waals surface area contributed by atoms with Crippen molar-refractivity contribution in [3.05, 3.63) is 278 Å². The zero-order valence-corrected chi connectivity index (χ0v) is 42.0. The Hall–Kier alpha value is -10.3. The summed E-state index contributed by atoms with van der Waals surface area (Å²) >= 11 is 0. The summed E-state index contributed by atoms with van der Waals surface area (Å²) in [4.78, 5) is 20.8. The SMILES string of the molecule is C=C(/C=C(\c1ccccc1C)c1cccc2c1oc1c(-c3ccccc3-c3nc(-c4ccc5ccccc5c4)nc(-c4ccccc4-c4cccc5c4oc4c(-c6ccccc6)cccc45)n3)cccc12)c1ccccn1. The van der Waals surface area contributed by atoms with Crippen LogP contribution in [0.25, 0.3) is 133 Å². The Kier molecular flexibility index (Phi) is 11.1. The molecule has 4 heterocycles. The van der Waals surface area contributed by atoms with Gasteiger partial charge in [-0.15, -0.1) is 0 Å². The van der Waals surface area contributed by atoms with Crippen molar-refractivity contribution >= 4 is 65.8 Å². The van der Waals surface area contributed by atoms with Crippen molar-refractivity contribution in [2.75, 3.05) is 0 Å². The van der Waals surface area contributed by atoms with Crippen molar-refractivity contribution in [1.29, 1.82) is 0 Å². The Labute approximate surface area is 444 Å². The fourth-order valence-corrected chi connectivity index (χ4v) is 11.0. The lowest BCUT2D eigenvalue weighted by molar-refractivity contribution is 0.668. The van der Waals surface area contributed by atoms with E-state index in [1.807, 2.05) is 36.4 Å². The number of furan rings is 2. The van der Waals surface area contributed by atoms with E-state index >= 15 is 0 Å². The number of allylic oxidation sites excluding steroid dienone is 2.